The number of benzene rings is 1. The van der Waals surface area contributed by atoms with Crippen molar-refractivity contribution in [1.82, 2.24) is 5.32 Å². The average Bonchev–Trinajstić information content (AvgIpc) is 2.67. The second-order valence-corrected chi connectivity index (χ2v) is 6.05. The molecule has 0 heterocycles. The van der Waals surface area contributed by atoms with Gasteiger partial charge in [0, 0.05) is 18.2 Å². The van der Waals surface area contributed by atoms with E-state index in [1.165, 1.54) is 24.8 Å². The number of amides is 1. The van der Waals surface area contributed by atoms with Gasteiger partial charge in [-0.05, 0) is 42.4 Å². The number of carbonyl (C=O) groups excluding carboxylic acids is 1. The number of carbonyl (C=O) groups is 1. The maximum Gasteiger partial charge on any atom is 0.248 e. The number of rotatable bonds is 4. The van der Waals surface area contributed by atoms with Crippen LogP contribution in [0.1, 0.15) is 49.0 Å². The molecule has 1 saturated carbocycles. The molecule has 1 unspecified atom stereocenters. The van der Waals surface area contributed by atoms with Crippen LogP contribution in [0.2, 0.25) is 0 Å². The van der Waals surface area contributed by atoms with Gasteiger partial charge >= 0.3 is 0 Å². The highest BCUT2D eigenvalue weighted by Crippen LogP contribution is 2.36. The Labute approximate surface area is 109 Å². The van der Waals surface area contributed by atoms with E-state index in [1.54, 1.807) is 12.1 Å². The number of nitrogens with two attached hydrogens (primary N) is 1. The third-order valence-corrected chi connectivity index (χ3v) is 3.80. The normalized spacial score (nSPS) is 22.0. The zero-order valence-electron chi connectivity index (χ0n) is 11.2. The first-order chi connectivity index (χ1) is 8.46. The Hall–Kier alpha value is -1.35. The van der Waals surface area contributed by atoms with Crippen LogP contribution in [0, 0.1) is 5.41 Å². The highest BCUT2D eigenvalue weighted by molar-refractivity contribution is 5.92. The lowest BCUT2D eigenvalue weighted by Gasteiger charge is -2.18. The fraction of sp³-hybridized carbons (Fsp3) is 0.533. The lowest BCUT2D eigenvalue weighted by molar-refractivity contribution is 0.100. The van der Waals surface area contributed by atoms with Crippen molar-refractivity contribution in [2.24, 2.45) is 11.1 Å². The van der Waals surface area contributed by atoms with Gasteiger partial charge in [0.1, 0.15) is 0 Å². The maximum absolute atomic E-state index is 11.0. The van der Waals surface area contributed by atoms with Crippen molar-refractivity contribution in [2.75, 3.05) is 0 Å². The minimum absolute atomic E-state index is 0.368. The van der Waals surface area contributed by atoms with Gasteiger partial charge in [-0.25, -0.2) is 0 Å². The summed E-state index contributed by atoms with van der Waals surface area (Å²) in [5.74, 6) is -0.368. The number of primary amides is 1. The molecule has 1 aromatic carbocycles. The molecule has 0 radical (unpaired) electrons. The van der Waals surface area contributed by atoms with Crippen LogP contribution in [0.15, 0.2) is 24.3 Å². The van der Waals surface area contributed by atoms with Crippen LogP contribution < -0.4 is 11.1 Å². The third-order valence-electron chi connectivity index (χ3n) is 3.80. The van der Waals surface area contributed by atoms with Gasteiger partial charge in [-0.2, -0.15) is 0 Å². The lowest BCUT2D eigenvalue weighted by atomic mass is 9.92. The fourth-order valence-corrected chi connectivity index (χ4v) is 2.66. The Morgan fingerprint density at radius 1 is 1.39 bits per heavy atom. The van der Waals surface area contributed by atoms with E-state index < -0.39 is 0 Å². The molecule has 1 amide bonds. The molecule has 1 fully saturated rings. The van der Waals surface area contributed by atoms with Gasteiger partial charge in [0.2, 0.25) is 5.91 Å². The van der Waals surface area contributed by atoms with Gasteiger partial charge in [0.15, 0.2) is 0 Å². The molecule has 3 heteroatoms. The van der Waals surface area contributed by atoms with E-state index in [0.717, 1.165) is 6.54 Å². The topological polar surface area (TPSA) is 55.1 Å². The molecule has 1 atom stereocenters. The molecule has 18 heavy (non-hydrogen) atoms. The van der Waals surface area contributed by atoms with Crippen LogP contribution in [0.25, 0.3) is 0 Å². The fourth-order valence-electron chi connectivity index (χ4n) is 2.66. The first kappa shape index (κ1) is 13.1. The van der Waals surface area contributed by atoms with Crippen molar-refractivity contribution in [2.45, 2.75) is 45.7 Å². The monoisotopic (exact) mass is 246 g/mol. The van der Waals surface area contributed by atoms with Crippen molar-refractivity contribution in [1.29, 1.82) is 0 Å². The molecular weight excluding hydrogens is 224 g/mol. The Morgan fingerprint density at radius 3 is 2.56 bits per heavy atom. The molecule has 0 aliphatic heterocycles. The molecule has 2 rings (SSSR count). The Kier molecular flexibility index (Phi) is 3.71. The summed E-state index contributed by atoms with van der Waals surface area (Å²) in [6.45, 7) is 5.52. The summed E-state index contributed by atoms with van der Waals surface area (Å²) in [7, 11) is 0. The molecular formula is C15H22N2O. The van der Waals surface area contributed by atoms with Crippen molar-refractivity contribution >= 4 is 5.91 Å². The summed E-state index contributed by atoms with van der Waals surface area (Å²) in [5, 5.41) is 3.59. The molecule has 1 aliphatic carbocycles. The first-order valence-electron chi connectivity index (χ1n) is 6.58. The first-order valence-corrected chi connectivity index (χ1v) is 6.58. The zero-order valence-corrected chi connectivity index (χ0v) is 11.2. The molecule has 3 nitrogen and oxygen atoms in total. The summed E-state index contributed by atoms with van der Waals surface area (Å²) in [4.78, 5) is 11.0. The molecule has 0 saturated heterocycles. The zero-order chi connectivity index (χ0) is 13.2. The lowest BCUT2D eigenvalue weighted by Crippen LogP contribution is -2.26. The second kappa shape index (κ2) is 5.11. The quantitative estimate of drug-likeness (QED) is 0.857. The summed E-state index contributed by atoms with van der Waals surface area (Å²) in [6, 6.07) is 8.13. The Morgan fingerprint density at radius 2 is 2.06 bits per heavy atom. The van der Waals surface area contributed by atoms with Crippen LogP contribution in [0.5, 0.6) is 0 Å². The molecule has 3 N–H and O–H groups in total. The van der Waals surface area contributed by atoms with E-state index in [4.69, 9.17) is 5.73 Å². The largest absolute Gasteiger partial charge is 0.366 e. The van der Waals surface area contributed by atoms with E-state index in [9.17, 15) is 4.79 Å². The van der Waals surface area contributed by atoms with E-state index >= 15 is 0 Å². The minimum atomic E-state index is -0.368. The molecule has 98 valence electrons. The molecule has 1 aromatic rings. The second-order valence-electron chi connectivity index (χ2n) is 6.05. The Bertz CT molecular complexity index is 423. The van der Waals surface area contributed by atoms with E-state index in [1.807, 2.05) is 12.1 Å². The van der Waals surface area contributed by atoms with Gasteiger partial charge in [-0.15, -0.1) is 0 Å². The molecule has 0 aromatic heterocycles. The van der Waals surface area contributed by atoms with Crippen molar-refractivity contribution in [3.05, 3.63) is 35.4 Å². The van der Waals surface area contributed by atoms with E-state index in [2.05, 4.69) is 19.2 Å². The van der Waals surface area contributed by atoms with Crippen LogP contribution in [-0.4, -0.2) is 11.9 Å². The summed E-state index contributed by atoms with van der Waals surface area (Å²) < 4.78 is 0. The average molecular weight is 246 g/mol. The van der Waals surface area contributed by atoms with Crippen LogP contribution in [0.4, 0.5) is 0 Å². The summed E-state index contributed by atoms with van der Waals surface area (Å²) in [5.41, 5.74) is 7.46. The van der Waals surface area contributed by atoms with Gasteiger partial charge in [-0.3, -0.25) is 4.79 Å². The summed E-state index contributed by atoms with van der Waals surface area (Å²) in [6.07, 6.45) is 3.80. The third kappa shape index (κ3) is 3.33. The standard InChI is InChI=1S/C15H22N2O/c1-15(2)8-7-13(9-15)17-10-11-3-5-12(6-4-11)14(16)18/h3-6,13,17H,7-10H2,1-2H3,(H2,16,18). The van der Waals surface area contributed by atoms with Gasteiger partial charge in [-0.1, -0.05) is 26.0 Å². The predicted octanol–water partition coefficient (Wildman–Crippen LogP) is 2.45. The van der Waals surface area contributed by atoms with Gasteiger partial charge in [0.05, 0.1) is 0 Å². The SMILES string of the molecule is CC1(C)CCC(NCc2ccc(C(N)=O)cc2)C1. The summed E-state index contributed by atoms with van der Waals surface area (Å²) >= 11 is 0. The van der Waals surface area contributed by atoms with Crippen molar-refractivity contribution in [3.8, 4) is 0 Å². The van der Waals surface area contributed by atoms with Crippen molar-refractivity contribution < 1.29 is 4.79 Å². The van der Waals surface area contributed by atoms with Gasteiger partial charge in [0.25, 0.3) is 0 Å². The number of hydrogen-bond donors (Lipinski definition) is 2. The molecule has 0 spiro atoms. The van der Waals surface area contributed by atoms with E-state index in [-0.39, 0.29) is 5.91 Å². The van der Waals surface area contributed by atoms with Crippen molar-refractivity contribution in [3.63, 3.8) is 0 Å². The highest BCUT2D eigenvalue weighted by atomic mass is 16.1. The molecule has 0 bridgehead atoms. The van der Waals surface area contributed by atoms with Crippen LogP contribution in [-0.2, 0) is 6.54 Å². The number of hydrogen-bond acceptors (Lipinski definition) is 2. The van der Waals surface area contributed by atoms with Crippen LogP contribution in [0.3, 0.4) is 0 Å². The minimum Gasteiger partial charge on any atom is -0.366 e. The predicted molar refractivity (Wildman–Crippen MR) is 73.2 cm³/mol. The molecule has 1 aliphatic rings. The van der Waals surface area contributed by atoms with Gasteiger partial charge < -0.3 is 11.1 Å². The van der Waals surface area contributed by atoms with E-state index in [0.29, 0.717) is 17.0 Å². The Balaban J connectivity index is 1.85. The maximum atomic E-state index is 11.0. The smallest absolute Gasteiger partial charge is 0.248 e. The van der Waals surface area contributed by atoms with Crippen LogP contribution >= 0.6 is 0 Å². The highest BCUT2D eigenvalue weighted by Gasteiger charge is 2.30. The number of nitrogens with one attached hydrogen (secondary N) is 1.